The fourth-order valence-electron chi connectivity index (χ4n) is 1.93. The van der Waals surface area contributed by atoms with Gasteiger partial charge in [-0.1, -0.05) is 29.3 Å². The summed E-state index contributed by atoms with van der Waals surface area (Å²) < 4.78 is 12.9. The van der Waals surface area contributed by atoms with Crippen LogP contribution >= 0.6 is 34.5 Å². The van der Waals surface area contributed by atoms with Gasteiger partial charge in [0.15, 0.2) is 5.13 Å². The van der Waals surface area contributed by atoms with E-state index in [0.717, 1.165) is 5.56 Å². The van der Waals surface area contributed by atoms with Crippen LogP contribution in [0.2, 0.25) is 10.0 Å². The number of rotatable bonds is 3. The maximum Gasteiger partial charge on any atom is 0.259 e. The maximum atomic E-state index is 12.9. The molecule has 1 amide bonds. The fraction of sp³-hybridized carbons (Fsp3) is 0. The lowest BCUT2D eigenvalue weighted by Crippen LogP contribution is -2.12. The Morgan fingerprint density at radius 3 is 2.61 bits per heavy atom. The van der Waals surface area contributed by atoms with Crippen molar-refractivity contribution in [3.63, 3.8) is 0 Å². The van der Waals surface area contributed by atoms with Gasteiger partial charge in [-0.15, -0.1) is 11.3 Å². The number of carbonyl (C=O) groups excluding carboxylic acids is 1. The molecule has 0 bridgehead atoms. The number of aromatic nitrogens is 1. The molecular weight excluding hydrogens is 358 g/mol. The number of nitrogens with one attached hydrogen (secondary N) is 1. The first-order valence-corrected chi connectivity index (χ1v) is 8.15. The Hall–Kier alpha value is -1.95. The van der Waals surface area contributed by atoms with E-state index >= 15 is 0 Å². The molecule has 3 aromatic rings. The molecule has 0 atom stereocenters. The van der Waals surface area contributed by atoms with E-state index in [1.807, 2.05) is 0 Å². The Labute approximate surface area is 145 Å². The molecule has 7 heteroatoms. The Balaban J connectivity index is 1.80. The molecule has 0 fully saturated rings. The minimum Gasteiger partial charge on any atom is -0.298 e. The summed E-state index contributed by atoms with van der Waals surface area (Å²) in [7, 11) is 0. The minimum absolute atomic E-state index is 0.196. The normalized spacial score (nSPS) is 10.6. The van der Waals surface area contributed by atoms with Crippen LogP contribution in [-0.4, -0.2) is 10.9 Å². The highest BCUT2D eigenvalue weighted by Gasteiger charge is 2.14. The molecule has 23 heavy (non-hydrogen) atoms. The SMILES string of the molecule is O=C(Nc1nc(-c2ccc(F)cc2)cs1)c1cccc(Cl)c1Cl. The van der Waals surface area contributed by atoms with Crippen LogP contribution in [0.4, 0.5) is 9.52 Å². The van der Waals surface area contributed by atoms with Gasteiger partial charge in [-0.3, -0.25) is 10.1 Å². The van der Waals surface area contributed by atoms with E-state index in [-0.39, 0.29) is 16.4 Å². The molecule has 0 radical (unpaired) electrons. The second-order valence-corrected chi connectivity index (χ2v) is 6.24. The summed E-state index contributed by atoms with van der Waals surface area (Å²) in [6.45, 7) is 0. The lowest BCUT2D eigenvalue weighted by atomic mass is 10.2. The largest absolute Gasteiger partial charge is 0.298 e. The molecule has 0 aliphatic heterocycles. The first-order chi connectivity index (χ1) is 11.0. The van der Waals surface area contributed by atoms with Crippen LogP contribution in [0.5, 0.6) is 0 Å². The van der Waals surface area contributed by atoms with E-state index in [9.17, 15) is 9.18 Å². The molecule has 3 rings (SSSR count). The zero-order chi connectivity index (χ0) is 16.4. The van der Waals surface area contributed by atoms with E-state index in [1.165, 1.54) is 23.5 Å². The summed E-state index contributed by atoms with van der Waals surface area (Å²) in [5.41, 5.74) is 1.70. The highest BCUT2D eigenvalue weighted by molar-refractivity contribution is 7.14. The van der Waals surface area contributed by atoms with Gasteiger partial charge in [-0.25, -0.2) is 9.37 Å². The zero-order valence-electron chi connectivity index (χ0n) is 11.5. The van der Waals surface area contributed by atoms with E-state index in [1.54, 1.807) is 35.7 Å². The molecule has 0 aliphatic rings. The Kier molecular flexibility index (Phi) is 4.61. The maximum absolute atomic E-state index is 12.9. The lowest BCUT2D eigenvalue weighted by molar-refractivity contribution is 0.102. The second kappa shape index (κ2) is 6.66. The molecule has 1 aromatic heterocycles. The number of hydrogen-bond donors (Lipinski definition) is 1. The van der Waals surface area contributed by atoms with Crippen LogP contribution in [0, 0.1) is 5.82 Å². The number of nitrogens with zero attached hydrogens (tertiary/aromatic N) is 1. The molecule has 0 saturated carbocycles. The van der Waals surface area contributed by atoms with Crippen molar-refractivity contribution >= 4 is 45.6 Å². The van der Waals surface area contributed by atoms with Crippen molar-refractivity contribution in [3.05, 3.63) is 69.3 Å². The Bertz CT molecular complexity index is 865. The minimum atomic E-state index is -0.391. The molecule has 116 valence electrons. The van der Waals surface area contributed by atoms with Crippen LogP contribution < -0.4 is 5.32 Å². The predicted molar refractivity (Wildman–Crippen MR) is 91.9 cm³/mol. The third kappa shape index (κ3) is 3.52. The lowest BCUT2D eigenvalue weighted by Gasteiger charge is -2.05. The third-order valence-electron chi connectivity index (χ3n) is 3.06. The van der Waals surface area contributed by atoms with Gasteiger partial charge in [0.1, 0.15) is 5.82 Å². The molecule has 0 spiro atoms. The summed E-state index contributed by atoms with van der Waals surface area (Å²) >= 11 is 13.2. The molecule has 0 unspecified atom stereocenters. The van der Waals surface area contributed by atoms with Crippen molar-refractivity contribution in [1.82, 2.24) is 4.98 Å². The summed E-state index contributed by atoms with van der Waals surface area (Å²) in [4.78, 5) is 16.6. The zero-order valence-corrected chi connectivity index (χ0v) is 13.8. The number of halogens is 3. The van der Waals surface area contributed by atoms with E-state index < -0.39 is 5.91 Å². The van der Waals surface area contributed by atoms with Crippen LogP contribution in [0.3, 0.4) is 0 Å². The number of benzene rings is 2. The van der Waals surface area contributed by atoms with Crippen LogP contribution in [0.25, 0.3) is 11.3 Å². The fourth-order valence-corrected chi connectivity index (χ4v) is 3.03. The van der Waals surface area contributed by atoms with Gasteiger partial charge in [0, 0.05) is 10.9 Å². The van der Waals surface area contributed by atoms with Crippen LogP contribution in [0.1, 0.15) is 10.4 Å². The number of thiazole rings is 1. The van der Waals surface area contributed by atoms with Gasteiger partial charge >= 0.3 is 0 Å². The van der Waals surface area contributed by atoms with Crippen molar-refractivity contribution in [2.24, 2.45) is 0 Å². The third-order valence-corrected chi connectivity index (χ3v) is 4.64. The van der Waals surface area contributed by atoms with Crippen molar-refractivity contribution < 1.29 is 9.18 Å². The molecule has 0 aliphatic carbocycles. The van der Waals surface area contributed by atoms with Gasteiger partial charge in [0.2, 0.25) is 0 Å². The molecular formula is C16H9Cl2FN2OS. The number of hydrogen-bond acceptors (Lipinski definition) is 3. The topological polar surface area (TPSA) is 42.0 Å². The smallest absolute Gasteiger partial charge is 0.259 e. The second-order valence-electron chi connectivity index (χ2n) is 4.60. The molecule has 1 N–H and O–H groups in total. The summed E-state index contributed by atoms with van der Waals surface area (Å²) in [5.74, 6) is -0.703. The highest BCUT2D eigenvalue weighted by atomic mass is 35.5. The number of anilines is 1. The van der Waals surface area contributed by atoms with Gasteiger partial charge in [0.05, 0.1) is 21.3 Å². The Morgan fingerprint density at radius 2 is 1.87 bits per heavy atom. The monoisotopic (exact) mass is 366 g/mol. The quantitative estimate of drug-likeness (QED) is 0.663. The first kappa shape index (κ1) is 15.9. The molecule has 3 nitrogen and oxygen atoms in total. The van der Waals surface area contributed by atoms with E-state index in [4.69, 9.17) is 23.2 Å². The average molecular weight is 367 g/mol. The van der Waals surface area contributed by atoms with Crippen molar-refractivity contribution in [2.75, 3.05) is 5.32 Å². The number of carbonyl (C=O) groups is 1. The van der Waals surface area contributed by atoms with Gasteiger partial charge in [0.25, 0.3) is 5.91 Å². The molecule has 1 heterocycles. The standard InChI is InChI=1S/C16H9Cl2FN2OS/c17-12-3-1-2-11(14(12)18)15(22)21-16-20-13(8-23-16)9-4-6-10(19)7-5-9/h1-8H,(H,20,21,22). The summed E-state index contributed by atoms with van der Waals surface area (Å²) in [5, 5.41) is 5.39. The van der Waals surface area contributed by atoms with Crippen LogP contribution in [-0.2, 0) is 0 Å². The Morgan fingerprint density at radius 1 is 1.13 bits per heavy atom. The van der Waals surface area contributed by atoms with Gasteiger partial charge in [-0.2, -0.15) is 0 Å². The molecule has 2 aromatic carbocycles. The van der Waals surface area contributed by atoms with E-state index in [2.05, 4.69) is 10.3 Å². The summed E-state index contributed by atoms with van der Waals surface area (Å²) in [6, 6.07) is 10.8. The number of amides is 1. The van der Waals surface area contributed by atoms with Gasteiger partial charge in [-0.05, 0) is 36.4 Å². The summed E-state index contributed by atoms with van der Waals surface area (Å²) in [6.07, 6.45) is 0. The van der Waals surface area contributed by atoms with Crippen molar-refractivity contribution in [1.29, 1.82) is 0 Å². The predicted octanol–water partition coefficient (Wildman–Crippen LogP) is 5.51. The average Bonchev–Trinajstić information content (AvgIpc) is 2.99. The molecule has 0 saturated heterocycles. The highest BCUT2D eigenvalue weighted by Crippen LogP contribution is 2.28. The van der Waals surface area contributed by atoms with Crippen LogP contribution in [0.15, 0.2) is 47.8 Å². The first-order valence-electron chi connectivity index (χ1n) is 6.51. The van der Waals surface area contributed by atoms with Crippen molar-refractivity contribution in [2.45, 2.75) is 0 Å². The van der Waals surface area contributed by atoms with E-state index in [0.29, 0.717) is 15.8 Å². The van der Waals surface area contributed by atoms with Crippen molar-refractivity contribution in [3.8, 4) is 11.3 Å². The van der Waals surface area contributed by atoms with Gasteiger partial charge < -0.3 is 0 Å².